The van der Waals surface area contributed by atoms with E-state index in [-0.39, 0.29) is 17.9 Å². The molecule has 0 unspecified atom stereocenters. The molecule has 1 aromatic heterocycles. The lowest BCUT2D eigenvalue weighted by Gasteiger charge is -2.38. The first kappa shape index (κ1) is 21.6. The van der Waals surface area contributed by atoms with Gasteiger partial charge in [-0.05, 0) is 33.1 Å². The van der Waals surface area contributed by atoms with E-state index in [2.05, 4.69) is 16.8 Å². The molecule has 2 saturated heterocycles. The highest BCUT2D eigenvalue weighted by molar-refractivity contribution is 5.81. The summed E-state index contributed by atoms with van der Waals surface area (Å²) in [5.74, 6) is 1.14. The maximum Gasteiger partial charge on any atom is 0.245 e. The Balaban J connectivity index is 1.32. The molecule has 0 N–H and O–H groups in total. The average Bonchev–Trinajstić information content (AvgIpc) is 3.29. The normalized spacial score (nSPS) is 21.2. The quantitative estimate of drug-likeness (QED) is 0.742. The van der Waals surface area contributed by atoms with Crippen molar-refractivity contribution in [2.75, 3.05) is 39.3 Å². The Morgan fingerprint density at radius 3 is 2.52 bits per heavy atom. The van der Waals surface area contributed by atoms with Crippen LogP contribution in [-0.4, -0.2) is 81.4 Å². The number of piperazine rings is 1. The van der Waals surface area contributed by atoms with Crippen molar-refractivity contribution in [3.8, 4) is 11.4 Å². The Labute approximate surface area is 184 Å². The van der Waals surface area contributed by atoms with Gasteiger partial charge < -0.3 is 14.4 Å². The number of carbonyl (C=O) groups excluding carboxylic acids is 2. The second-order valence-corrected chi connectivity index (χ2v) is 8.73. The van der Waals surface area contributed by atoms with Crippen LogP contribution in [0.2, 0.25) is 0 Å². The van der Waals surface area contributed by atoms with E-state index < -0.39 is 0 Å². The number of nitrogens with zero attached hydrogens (tertiary/aromatic N) is 5. The number of hydrogen-bond acceptors (Lipinski definition) is 4. The minimum absolute atomic E-state index is 0.103. The van der Waals surface area contributed by atoms with Crippen LogP contribution < -0.4 is 0 Å². The largest absolute Gasteiger partial charge is 0.339 e. The van der Waals surface area contributed by atoms with E-state index in [9.17, 15) is 9.59 Å². The van der Waals surface area contributed by atoms with Crippen molar-refractivity contribution >= 4 is 11.8 Å². The van der Waals surface area contributed by atoms with Gasteiger partial charge in [0, 0.05) is 56.7 Å². The molecule has 2 fully saturated rings. The zero-order chi connectivity index (χ0) is 21.8. The van der Waals surface area contributed by atoms with E-state index >= 15 is 0 Å². The van der Waals surface area contributed by atoms with Crippen molar-refractivity contribution < 1.29 is 9.59 Å². The van der Waals surface area contributed by atoms with Crippen molar-refractivity contribution in [1.29, 1.82) is 0 Å². The molecule has 31 heavy (non-hydrogen) atoms. The van der Waals surface area contributed by atoms with Crippen molar-refractivity contribution in [2.45, 2.75) is 45.2 Å². The fourth-order valence-corrected chi connectivity index (χ4v) is 4.70. The first-order valence-electron chi connectivity index (χ1n) is 11.4. The van der Waals surface area contributed by atoms with Crippen LogP contribution in [0.25, 0.3) is 11.4 Å². The molecule has 3 heterocycles. The molecule has 2 aliphatic rings. The first-order valence-corrected chi connectivity index (χ1v) is 11.4. The van der Waals surface area contributed by atoms with E-state index in [0.29, 0.717) is 25.7 Å². The number of carbonyl (C=O) groups is 2. The van der Waals surface area contributed by atoms with Crippen LogP contribution in [0, 0.1) is 0 Å². The maximum atomic E-state index is 13.2. The van der Waals surface area contributed by atoms with Gasteiger partial charge in [-0.1, -0.05) is 30.3 Å². The molecule has 2 aromatic rings. The van der Waals surface area contributed by atoms with Crippen molar-refractivity contribution in [3.05, 3.63) is 42.7 Å². The Morgan fingerprint density at radius 2 is 1.81 bits per heavy atom. The summed E-state index contributed by atoms with van der Waals surface area (Å²) in [7, 11) is 0. The molecule has 1 aromatic carbocycles. The van der Waals surface area contributed by atoms with Crippen LogP contribution in [-0.2, 0) is 9.59 Å². The van der Waals surface area contributed by atoms with Crippen molar-refractivity contribution in [2.24, 2.45) is 0 Å². The van der Waals surface area contributed by atoms with Gasteiger partial charge in [0.25, 0.3) is 0 Å². The summed E-state index contributed by atoms with van der Waals surface area (Å²) < 4.78 is 1.95. The maximum absolute atomic E-state index is 13.2. The molecule has 2 amide bonds. The van der Waals surface area contributed by atoms with Crippen LogP contribution in [0.3, 0.4) is 0 Å². The van der Waals surface area contributed by atoms with Gasteiger partial charge in [-0.2, -0.15) is 0 Å². The third kappa shape index (κ3) is 4.82. The number of hydrogen-bond donors (Lipinski definition) is 0. The van der Waals surface area contributed by atoms with Gasteiger partial charge in [-0.15, -0.1) is 0 Å². The van der Waals surface area contributed by atoms with Gasteiger partial charge in [0.05, 0.1) is 6.54 Å². The lowest BCUT2D eigenvalue weighted by molar-refractivity contribution is -0.138. The lowest BCUT2D eigenvalue weighted by atomic mass is 10.0. The summed E-state index contributed by atoms with van der Waals surface area (Å²) in [5.41, 5.74) is 1.00. The molecule has 2 atom stereocenters. The van der Waals surface area contributed by atoms with E-state index in [4.69, 9.17) is 0 Å². The zero-order valence-corrected chi connectivity index (χ0v) is 18.6. The molecule has 0 saturated carbocycles. The molecular weight excluding hydrogens is 390 g/mol. The summed E-state index contributed by atoms with van der Waals surface area (Å²) in [4.78, 5) is 36.5. The summed E-state index contributed by atoms with van der Waals surface area (Å²) >= 11 is 0. The second-order valence-electron chi connectivity index (χ2n) is 8.73. The van der Waals surface area contributed by atoms with Gasteiger partial charge in [-0.3, -0.25) is 14.5 Å². The van der Waals surface area contributed by atoms with Crippen LogP contribution in [0.4, 0.5) is 0 Å². The SMILES string of the molecule is C[C@H](C(=O)N1CCN(CC(=O)N2CCCC[C@@H]2C)CC1)n1ccnc1-c1ccccc1. The molecule has 166 valence electrons. The first-order chi connectivity index (χ1) is 15.0. The number of rotatable bonds is 5. The number of likely N-dealkylation sites (tertiary alicyclic amines) is 1. The predicted molar refractivity (Wildman–Crippen MR) is 120 cm³/mol. The number of aromatic nitrogens is 2. The minimum Gasteiger partial charge on any atom is -0.339 e. The predicted octanol–water partition coefficient (Wildman–Crippen LogP) is 2.66. The molecule has 0 aliphatic carbocycles. The van der Waals surface area contributed by atoms with Crippen molar-refractivity contribution in [1.82, 2.24) is 24.3 Å². The van der Waals surface area contributed by atoms with E-state index in [1.165, 1.54) is 6.42 Å². The topological polar surface area (TPSA) is 61.7 Å². The Morgan fingerprint density at radius 1 is 1.06 bits per heavy atom. The molecule has 7 nitrogen and oxygen atoms in total. The van der Waals surface area contributed by atoms with Gasteiger partial charge in [-0.25, -0.2) is 4.98 Å². The molecule has 0 bridgehead atoms. The average molecular weight is 424 g/mol. The Hall–Kier alpha value is -2.67. The van der Waals surface area contributed by atoms with Gasteiger partial charge in [0.15, 0.2) is 0 Å². The standard InChI is InChI=1S/C24H33N5O2/c1-19-8-6-7-12-28(19)22(30)18-26-14-16-27(17-15-26)24(31)20(2)29-13-11-25-23(29)21-9-4-3-5-10-21/h3-5,9-11,13,19-20H,6-8,12,14-18H2,1-2H3/t19-,20+/m0/s1. The van der Waals surface area contributed by atoms with E-state index in [0.717, 1.165) is 43.9 Å². The molecule has 0 radical (unpaired) electrons. The Kier molecular flexibility index (Phi) is 6.70. The molecule has 2 aliphatic heterocycles. The summed E-state index contributed by atoms with van der Waals surface area (Å²) in [6.45, 7) is 8.21. The highest BCUT2D eigenvalue weighted by Gasteiger charge is 2.29. The number of amides is 2. The zero-order valence-electron chi connectivity index (χ0n) is 18.6. The highest BCUT2D eigenvalue weighted by atomic mass is 16.2. The van der Waals surface area contributed by atoms with Crippen LogP contribution in [0.15, 0.2) is 42.7 Å². The number of imidazole rings is 1. The van der Waals surface area contributed by atoms with Crippen molar-refractivity contribution in [3.63, 3.8) is 0 Å². The number of piperidine rings is 1. The summed E-state index contributed by atoms with van der Waals surface area (Å²) in [6, 6.07) is 9.97. The molecule has 4 rings (SSSR count). The molecule has 7 heteroatoms. The monoisotopic (exact) mass is 423 g/mol. The third-order valence-electron chi connectivity index (χ3n) is 6.64. The smallest absolute Gasteiger partial charge is 0.245 e. The van der Waals surface area contributed by atoms with Crippen LogP contribution in [0.1, 0.15) is 39.2 Å². The minimum atomic E-state index is -0.319. The second kappa shape index (κ2) is 9.64. The fourth-order valence-electron chi connectivity index (χ4n) is 4.70. The molecule has 0 spiro atoms. The third-order valence-corrected chi connectivity index (χ3v) is 6.64. The summed E-state index contributed by atoms with van der Waals surface area (Å²) in [5, 5.41) is 0. The van der Waals surface area contributed by atoms with Crippen LogP contribution in [0.5, 0.6) is 0 Å². The van der Waals surface area contributed by atoms with Crippen LogP contribution >= 0.6 is 0 Å². The van der Waals surface area contributed by atoms with Gasteiger partial charge in [0.2, 0.25) is 11.8 Å². The van der Waals surface area contributed by atoms with Gasteiger partial charge in [0.1, 0.15) is 11.9 Å². The highest BCUT2D eigenvalue weighted by Crippen LogP contribution is 2.23. The van der Waals surface area contributed by atoms with E-state index in [1.807, 2.05) is 57.8 Å². The lowest BCUT2D eigenvalue weighted by Crippen LogP contribution is -2.53. The van der Waals surface area contributed by atoms with E-state index in [1.54, 1.807) is 6.20 Å². The fraction of sp³-hybridized carbons (Fsp3) is 0.542. The Bertz CT molecular complexity index is 888. The molecular formula is C24H33N5O2. The summed E-state index contributed by atoms with van der Waals surface area (Å²) in [6.07, 6.45) is 7.05. The number of benzene rings is 1. The van der Waals surface area contributed by atoms with Gasteiger partial charge >= 0.3 is 0 Å².